The van der Waals surface area contributed by atoms with Crippen molar-refractivity contribution in [3.63, 3.8) is 0 Å². The number of aromatic nitrogens is 6. The average molecular weight is 726 g/mol. The van der Waals surface area contributed by atoms with Gasteiger partial charge in [-0.15, -0.1) is 0 Å². The first-order chi connectivity index (χ1) is 25.4. The Morgan fingerprint density at radius 3 is 2.25 bits per heavy atom. The van der Waals surface area contributed by atoms with E-state index in [0.29, 0.717) is 78.2 Å². The van der Waals surface area contributed by atoms with E-state index in [1.54, 1.807) is 52.6 Å². The third-order valence-electron chi connectivity index (χ3n) is 8.35. The van der Waals surface area contributed by atoms with Gasteiger partial charge in [-0.3, -0.25) is 29.7 Å². The number of fused-ring (bicyclic) bond motifs is 2. The number of benzene rings is 2. The van der Waals surface area contributed by atoms with Gasteiger partial charge in [0, 0.05) is 37.5 Å². The summed E-state index contributed by atoms with van der Waals surface area (Å²) in [6, 6.07) is 9.76. The maximum absolute atomic E-state index is 13.4. The van der Waals surface area contributed by atoms with Crippen molar-refractivity contribution in [2.45, 2.75) is 60.2 Å². The predicted octanol–water partition coefficient (Wildman–Crippen LogP) is 4.01. The van der Waals surface area contributed by atoms with Crippen LogP contribution in [0.15, 0.2) is 48.2 Å². The number of esters is 1. The minimum Gasteiger partial charge on any atom is -0.494 e. The number of anilines is 2. The summed E-state index contributed by atoms with van der Waals surface area (Å²) in [6.07, 6.45) is 2.56. The molecule has 0 radical (unpaired) electrons. The molecule has 17 nitrogen and oxygen atoms in total. The van der Waals surface area contributed by atoms with Crippen molar-refractivity contribution in [3.05, 3.63) is 70.7 Å². The standard InChI is InChI=1S/C36H43N11O6/c1-7-39-26(15-20(3)37)32(49)42-36-41-25-18-23(34(51)53-6)19-29(52-5)30(25)46(36)14-10-9-13-45-27-12-11-22(31(38)48)17-24(27)40-35(45)43-33(50)28-16-21(4)44-47(28)8-2/h11-12,15-19,37,39H,7-10,13-14H2,1-6H3,(H2,38,48)(H,40,43,50)(H,41,42,49)/b26-15-,37-20?. The lowest BCUT2D eigenvalue weighted by atomic mass is 10.1. The Hall–Kier alpha value is -6.52. The van der Waals surface area contributed by atoms with Crippen LogP contribution in [-0.2, 0) is 29.2 Å². The van der Waals surface area contributed by atoms with Crippen LogP contribution in [0.25, 0.3) is 22.1 Å². The topological polar surface area (TPSA) is 226 Å². The Morgan fingerprint density at radius 1 is 0.925 bits per heavy atom. The average Bonchev–Trinajstić information content (AvgIpc) is 3.80. The van der Waals surface area contributed by atoms with Crippen LogP contribution in [0.1, 0.15) is 70.5 Å². The van der Waals surface area contributed by atoms with Crippen LogP contribution in [0.2, 0.25) is 0 Å². The van der Waals surface area contributed by atoms with Gasteiger partial charge in [-0.1, -0.05) is 0 Å². The molecule has 0 atom stereocenters. The molecule has 6 N–H and O–H groups in total. The largest absolute Gasteiger partial charge is 0.494 e. The highest BCUT2D eigenvalue weighted by molar-refractivity contribution is 6.08. The summed E-state index contributed by atoms with van der Waals surface area (Å²) < 4.78 is 15.9. The third kappa shape index (κ3) is 8.19. The number of methoxy groups -OCH3 is 2. The molecule has 278 valence electrons. The fraction of sp³-hybridized carbons (Fsp3) is 0.333. The maximum atomic E-state index is 13.4. The van der Waals surface area contributed by atoms with Crippen LogP contribution >= 0.6 is 0 Å². The Kier molecular flexibility index (Phi) is 11.5. The molecule has 5 rings (SSSR count). The van der Waals surface area contributed by atoms with E-state index in [4.69, 9.17) is 20.6 Å². The van der Waals surface area contributed by atoms with Gasteiger partial charge in [0.1, 0.15) is 22.7 Å². The Labute approximate surface area is 305 Å². The van der Waals surface area contributed by atoms with Crippen LogP contribution in [0.5, 0.6) is 5.75 Å². The summed E-state index contributed by atoms with van der Waals surface area (Å²) in [5, 5.41) is 21.0. The summed E-state index contributed by atoms with van der Waals surface area (Å²) >= 11 is 0. The SMILES string of the molecule is CCN/C(=C\C(C)=N)C(=O)Nc1nc2cc(C(=O)OC)cc(OC)c2n1CCCCn1c(NC(=O)c2cc(C)nn2CC)nc2cc(C(N)=O)ccc21. The number of primary amides is 1. The van der Waals surface area contributed by atoms with E-state index in [1.807, 2.05) is 25.3 Å². The molecule has 53 heavy (non-hydrogen) atoms. The van der Waals surface area contributed by atoms with Crippen LogP contribution < -0.4 is 26.4 Å². The lowest BCUT2D eigenvalue weighted by Crippen LogP contribution is -2.27. The number of hydrogen-bond donors (Lipinski definition) is 5. The highest BCUT2D eigenvalue weighted by Gasteiger charge is 2.23. The highest BCUT2D eigenvalue weighted by Crippen LogP contribution is 2.32. The number of likely N-dealkylation sites (N-methyl/N-ethyl adjacent to an activating group) is 1. The van der Waals surface area contributed by atoms with Gasteiger partial charge in [0.25, 0.3) is 11.8 Å². The first kappa shape index (κ1) is 37.7. The molecule has 0 saturated carbocycles. The van der Waals surface area contributed by atoms with E-state index < -0.39 is 17.8 Å². The Morgan fingerprint density at radius 2 is 1.60 bits per heavy atom. The lowest BCUT2D eigenvalue weighted by molar-refractivity contribution is -0.113. The van der Waals surface area contributed by atoms with Gasteiger partial charge in [-0.05, 0) is 83.0 Å². The number of unbranched alkanes of at least 4 members (excludes halogenated alkanes) is 1. The van der Waals surface area contributed by atoms with Gasteiger partial charge in [-0.2, -0.15) is 5.10 Å². The number of nitrogens with zero attached hydrogens (tertiary/aromatic N) is 6. The van der Waals surface area contributed by atoms with Crippen LogP contribution in [0.3, 0.4) is 0 Å². The van der Waals surface area contributed by atoms with Gasteiger partial charge in [0.05, 0.1) is 42.0 Å². The van der Waals surface area contributed by atoms with E-state index in [0.717, 1.165) is 0 Å². The zero-order valence-electron chi connectivity index (χ0n) is 30.5. The van der Waals surface area contributed by atoms with Crippen molar-refractivity contribution in [2.75, 3.05) is 31.4 Å². The van der Waals surface area contributed by atoms with Crippen LogP contribution in [-0.4, -0.2) is 79.0 Å². The normalized spacial score (nSPS) is 11.5. The van der Waals surface area contributed by atoms with Gasteiger partial charge in [0.15, 0.2) is 0 Å². The van der Waals surface area contributed by atoms with E-state index >= 15 is 0 Å². The fourth-order valence-electron chi connectivity index (χ4n) is 5.99. The Balaban J connectivity index is 1.47. The van der Waals surface area contributed by atoms with E-state index in [-0.39, 0.29) is 40.3 Å². The zero-order valence-corrected chi connectivity index (χ0v) is 30.5. The summed E-state index contributed by atoms with van der Waals surface area (Å²) in [5.74, 6) is -1.20. The summed E-state index contributed by atoms with van der Waals surface area (Å²) in [7, 11) is 2.75. The number of rotatable bonds is 16. The second-order valence-corrected chi connectivity index (χ2v) is 12.2. The number of allylic oxidation sites excluding steroid dienone is 1. The summed E-state index contributed by atoms with van der Waals surface area (Å²) in [6.45, 7) is 8.85. The molecule has 0 bridgehead atoms. The number of nitrogens with two attached hydrogens (primary N) is 1. The molecule has 3 heterocycles. The third-order valence-corrected chi connectivity index (χ3v) is 8.35. The molecule has 17 heteroatoms. The smallest absolute Gasteiger partial charge is 0.338 e. The Bertz CT molecular complexity index is 2260. The number of nitrogens with one attached hydrogen (secondary N) is 4. The molecule has 2 aromatic carbocycles. The van der Waals surface area contributed by atoms with Crippen molar-refractivity contribution < 1.29 is 28.7 Å². The number of carbonyl (C=O) groups excluding carboxylic acids is 4. The van der Waals surface area contributed by atoms with Crippen LogP contribution in [0.4, 0.5) is 11.9 Å². The number of aryl methyl sites for hydroxylation is 4. The molecule has 0 saturated heterocycles. The minimum absolute atomic E-state index is 0.188. The maximum Gasteiger partial charge on any atom is 0.338 e. The molecular formula is C36H43N11O6. The van der Waals surface area contributed by atoms with Crippen molar-refractivity contribution in [3.8, 4) is 5.75 Å². The molecule has 3 amide bonds. The number of imidazole rings is 2. The molecule has 3 aromatic heterocycles. The molecule has 5 aromatic rings. The quantitative estimate of drug-likeness (QED) is 0.0425. The first-order valence-electron chi connectivity index (χ1n) is 17.0. The van der Waals surface area contributed by atoms with Gasteiger partial charge in [-0.25, -0.2) is 14.8 Å². The minimum atomic E-state index is -0.597. The molecule has 0 unspecified atom stereocenters. The van der Waals surface area contributed by atoms with E-state index in [1.165, 1.54) is 20.3 Å². The van der Waals surface area contributed by atoms with E-state index in [9.17, 15) is 19.2 Å². The number of carbonyl (C=O) groups is 4. The molecular weight excluding hydrogens is 682 g/mol. The van der Waals surface area contributed by atoms with Crippen molar-refractivity contribution >= 4 is 63.4 Å². The molecule has 0 spiro atoms. The van der Waals surface area contributed by atoms with Crippen molar-refractivity contribution in [2.24, 2.45) is 5.73 Å². The highest BCUT2D eigenvalue weighted by atomic mass is 16.5. The zero-order chi connectivity index (χ0) is 38.4. The molecule has 0 fully saturated rings. The van der Waals surface area contributed by atoms with E-state index in [2.05, 4.69) is 31.0 Å². The van der Waals surface area contributed by atoms with Crippen molar-refractivity contribution in [1.82, 2.24) is 34.2 Å². The first-order valence-corrected chi connectivity index (χ1v) is 17.0. The van der Waals surface area contributed by atoms with Crippen LogP contribution in [0, 0.1) is 12.3 Å². The predicted molar refractivity (Wildman–Crippen MR) is 199 cm³/mol. The summed E-state index contributed by atoms with van der Waals surface area (Å²) in [4.78, 5) is 60.6. The fourth-order valence-corrected chi connectivity index (χ4v) is 5.99. The van der Waals surface area contributed by atoms with Gasteiger partial charge < -0.3 is 35.1 Å². The number of amides is 3. The summed E-state index contributed by atoms with van der Waals surface area (Å²) in [5.41, 5.74) is 9.64. The second-order valence-electron chi connectivity index (χ2n) is 12.2. The number of ether oxygens (including phenoxy) is 2. The van der Waals surface area contributed by atoms with Gasteiger partial charge >= 0.3 is 5.97 Å². The number of hydrogen-bond acceptors (Lipinski definition) is 11. The molecule has 0 aliphatic heterocycles. The van der Waals surface area contributed by atoms with Crippen molar-refractivity contribution in [1.29, 1.82) is 5.41 Å². The lowest BCUT2D eigenvalue weighted by Gasteiger charge is -2.14. The molecule has 0 aliphatic rings. The monoisotopic (exact) mass is 725 g/mol. The second kappa shape index (κ2) is 16.2. The van der Waals surface area contributed by atoms with Gasteiger partial charge in [0.2, 0.25) is 17.8 Å². The molecule has 0 aliphatic carbocycles.